The van der Waals surface area contributed by atoms with Crippen molar-refractivity contribution in [2.75, 3.05) is 19.6 Å². The lowest BCUT2D eigenvalue weighted by molar-refractivity contribution is 0.653. The second-order valence-electron chi connectivity index (χ2n) is 5.69. The minimum absolute atomic E-state index is 0.567. The second kappa shape index (κ2) is 8.36. The molecule has 0 fully saturated rings. The van der Waals surface area contributed by atoms with Gasteiger partial charge in [0.15, 0.2) is 11.6 Å². The van der Waals surface area contributed by atoms with Gasteiger partial charge in [-0.1, -0.05) is 19.9 Å². The van der Waals surface area contributed by atoms with Gasteiger partial charge < -0.3 is 10.6 Å². The SMILES string of the molecule is CCNC(=NCC(C)C)NCCCc1nnc2ccccn12. The van der Waals surface area contributed by atoms with Crippen LogP contribution < -0.4 is 10.6 Å². The first-order chi connectivity index (χ1) is 10.7. The molecule has 6 heteroatoms. The zero-order valence-electron chi connectivity index (χ0n) is 13.7. The van der Waals surface area contributed by atoms with E-state index in [0.717, 1.165) is 49.9 Å². The molecule has 120 valence electrons. The molecule has 2 aromatic heterocycles. The van der Waals surface area contributed by atoms with Crippen LogP contribution in [0.5, 0.6) is 0 Å². The Kier molecular flexibility index (Phi) is 6.18. The first-order valence-electron chi connectivity index (χ1n) is 8.01. The quantitative estimate of drug-likeness (QED) is 0.465. The summed E-state index contributed by atoms with van der Waals surface area (Å²) in [7, 11) is 0. The number of hydrogen-bond acceptors (Lipinski definition) is 3. The largest absolute Gasteiger partial charge is 0.357 e. The molecular formula is C16H26N6. The number of hydrogen-bond donors (Lipinski definition) is 2. The van der Waals surface area contributed by atoms with Crippen LogP contribution in [0.1, 0.15) is 33.0 Å². The summed E-state index contributed by atoms with van der Waals surface area (Å²) in [5, 5.41) is 15.0. The smallest absolute Gasteiger partial charge is 0.191 e. The number of nitrogens with zero attached hydrogens (tertiary/aromatic N) is 4. The summed E-state index contributed by atoms with van der Waals surface area (Å²) in [6.07, 6.45) is 3.88. The number of aryl methyl sites for hydroxylation is 1. The number of aromatic nitrogens is 3. The Morgan fingerprint density at radius 1 is 1.27 bits per heavy atom. The molecule has 0 amide bonds. The van der Waals surface area contributed by atoms with E-state index in [-0.39, 0.29) is 0 Å². The van der Waals surface area contributed by atoms with Gasteiger partial charge in [0.25, 0.3) is 0 Å². The van der Waals surface area contributed by atoms with Crippen LogP contribution in [0.25, 0.3) is 5.65 Å². The van der Waals surface area contributed by atoms with Gasteiger partial charge >= 0.3 is 0 Å². The highest BCUT2D eigenvalue weighted by Crippen LogP contribution is 2.04. The molecule has 0 spiro atoms. The molecule has 0 saturated heterocycles. The molecule has 0 radical (unpaired) electrons. The number of pyridine rings is 1. The van der Waals surface area contributed by atoms with Crippen LogP contribution in [0.15, 0.2) is 29.4 Å². The van der Waals surface area contributed by atoms with Gasteiger partial charge in [0.2, 0.25) is 0 Å². The third-order valence-electron chi connectivity index (χ3n) is 3.21. The Labute approximate surface area is 132 Å². The average Bonchev–Trinajstić information content (AvgIpc) is 2.92. The molecule has 6 nitrogen and oxygen atoms in total. The molecule has 0 atom stereocenters. The molecule has 2 heterocycles. The van der Waals surface area contributed by atoms with Crippen molar-refractivity contribution >= 4 is 11.6 Å². The topological polar surface area (TPSA) is 66.6 Å². The van der Waals surface area contributed by atoms with E-state index in [1.807, 2.05) is 28.8 Å². The normalized spacial score (nSPS) is 12.1. The maximum atomic E-state index is 4.56. The van der Waals surface area contributed by atoms with Crippen molar-refractivity contribution in [1.82, 2.24) is 25.2 Å². The summed E-state index contributed by atoms with van der Waals surface area (Å²) in [5.74, 6) is 2.46. The van der Waals surface area contributed by atoms with Gasteiger partial charge in [-0.3, -0.25) is 9.39 Å². The Hall–Kier alpha value is -2.11. The van der Waals surface area contributed by atoms with Gasteiger partial charge in [-0.05, 0) is 31.4 Å². The lowest BCUT2D eigenvalue weighted by Crippen LogP contribution is -2.38. The van der Waals surface area contributed by atoms with Gasteiger partial charge in [-0.25, -0.2) is 0 Å². The lowest BCUT2D eigenvalue weighted by atomic mass is 10.2. The van der Waals surface area contributed by atoms with E-state index in [0.29, 0.717) is 5.92 Å². The fraction of sp³-hybridized carbons (Fsp3) is 0.562. The van der Waals surface area contributed by atoms with Crippen LogP contribution in [-0.4, -0.2) is 40.2 Å². The van der Waals surface area contributed by atoms with Crippen molar-refractivity contribution in [3.05, 3.63) is 30.2 Å². The van der Waals surface area contributed by atoms with Gasteiger partial charge in [-0.15, -0.1) is 10.2 Å². The highest BCUT2D eigenvalue weighted by atomic mass is 15.2. The van der Waals surface area contributed by atoms with Gasteiger partial charge in [0.05, 0.1) is 0 Å². The second-order valence-corrected chi connectivity index (χ2v) is 5.69. The van der Waals surface area contributed by atoms with Crippen LogP contribution in [0.2, 0.25) is 0 Å². The number of fused-ring (bicyclic) bond motifs is 1. The fourth-order valence-electron chi connectivity index (χ4n) is 2.13. The molecule has 0 aliphatic rings. The Morgan fingerprint density at radius 2 is 2.14 bits per heavy atom. The third kappa shape index (κ3) is 4.72. The molecule has 22 heavy (non-hydrogen) atoms. The Morgan fingerprint density at radius 3 is 2.91 bits per heavy atom. The molecule has 0 aliphatic carbocycles. The van der Waals surface area contributed by atoms with Crippen molar-refractivity contribution in [3.63, 3.8) is 0 Å². The highest BCUT2D eigenvalue weighted by molar-refractivity contribution is 5.79. The molecular weight excluding hydrogens is 276 g/mol. The summed E-state index contributed by atoms with van der Waals surface area (Å²) >= 11 is 0. The predicted octanol–water partition coefficient (Wildman–Crippen LogP) is 1.87. The van der Waals surface area contributed by atoms with Crippen molar-refractivity contribution in [1.29, 1.82) is 0 Å². The molecule has 2 N–H and O–H groups in total. The van der Waals surface area contributed by atoms with E-state index in [1.54, 1.807) is 0 Å². The van der Waals surface area contributed by atoms with Crippen LogP contribution in [0.3, 0.4) is 0 Å². The number of rotatable bonds is 7. The first-order valence-corrected chi connectivity index (χ1v) is 8.01. The zero-order valence-corrected chi connectivity index (χ0v) is 13.7. The van der Waals surface area contributed by atoms with Crippen molar-refractivity contribution in [3.8, 4) is 0 Å². The Bertz CT molecular complexity index is 601. The standard InChI is InChI=1S/C16H26N6/c1-4-17-16(19-12-13(2)3)18-10-7-9-15-21-20-14-8-5-6-11-22(14)15/h5-6,8,11,13H,4,7,9-10,12H2,1-3H3,(H2,17,18,19). The number of aliphatic imine (C=N–C) groups is 1. The van der Waals surface area contributed by atoms with E-state index in [4.69, 9.17) is 0 Å². The highest BCUT2D eigenvalue weighted by Gasteiger charge is 2.04. The maximum absolute atomic E-state index is 4.56. The summed E-state index contributed by atoms with van der Waals surface area (Å²) in [6.45, 7) is 9.00. The van der Waals surface area contributed by atoms with Gasteiger partial charge in [-0.2, -0.15) is 0 Å². The van der Waals surface area contributed by atoms with Crippen molar-refractivity contribution in [2.24, 2.45) is 10.9 Å². The van der Waals surface area contributed by atoms with Crippen molar-refractivity contribution < 1.29 is 0 Å². The van der Waals surface area contributed by atoms with E-state index >= 15 is 0 Å². The van der Waals surface area contributed by atoms with Gasteiger partial charge in [0, 0.05) is 32.3 Å². The van der Waals surface area contributed by atoms with E-state index in [9.17, 15) is 0 Å². The van der Waals surface area contributed by atoms with Gasteiger partial charge in [0.1, 0.15) is 5.82 Å². The van der Waals surface area contributed by atoms with E-state index < -0.39 is 0 Å². The minimum Gasteiger partial charge on any atom is -0.357 e. The maximum Gasteiger partial charge on any atom is 0.191 e. The molecule has 0 saturated carbocycles. The summed E-state index contributed by atoms with van der Waals surface area (Å²) in [6, 6.07) is 5.94. The molecule has 0 unspecified atom stereocenters. The molecule has 0 bridgehead atoms. The van der Waals surface area contributed by atoms with Crippen LogP contribution in [0.4, 0.5) is 0 Å². The van der Waals surface area contributed by atoms with E-state index in [1.165, 1.54) is 0 Å². The lowest BCUT2D eigenvalue weighted by Gasteiger charge is -2.11. The first kappa shape index (κ1) is 16.3. The van der Waals surface area contributed by atoms with E-state index in [2.05, 4.69) is 46.6 Å². The third-order valence-corrected chi connectivity index (χ3v) is 3.21. The number of guanidine groups is 1. The molecule has 2 rings (SSSR count). The van der Waals surface area contributed by atoms with Crippen molar-refractivity contribution in [2.45, 2.75) is 33.6 Å². The van der Waals surface area contributed by atoms with Crippen LogP contribution >= 0.6 is 0 Å². The summed E-state index contributed by atoms with van der Waals surface area (Å²) in [5.41, 5.74) is 0.900. The predicted molar refractivity (Wildman–Crippen MR) is 90.1 cm³/mol. The van der Waals surface area contributed by atoms with Crippen LogP contribution in [-0.2, 0) is 6.42 Å². The Balaban J connectivity index is 1.81. The number of nitrogens with one attached hydrogen (secondary N) is 2. The monoisotopic (exact) mass is 302 g/mol. The molecule has 0 aliphatic heterocycles. The summed E-state index contributed by atoms with van der Waals surface area (Å²) < 4.78 is 2.04. The summed E-state index contributed by atoms with van der Waals surface area (Å²) in [4.78, 5) is 4.56. The molecule has 0 aromatic carbocycles. The average molecular weight is 302 g/mol. The van der Waals surface area contributed by atoms with Crippen LogP contribution in [0, 0.1) is 5.92 Å². The molecule has 2 aromatic rings. The fourth-order valence-corrected chi connectivity index (χ4v) is 2.13. The zero-order chi connectivity index (χ0) is 15.8. The minimum atomic E-state index is 0.567.